The van der Waals surface area contributed by atoms with Crippen LogP contribution < -0.4 is 4.74 Å². The first-order chi connectivity index (χ1) is 9.02. The molecule has 0 atom stereocenters. The van der Waals surface area contributed by atoms with Crippen molar-refractivity contribution in [1.82, 2.24) is 0 Å². The summed E-state index contributed by atoms with van der Waals surface area (Å²) >= 11 is 0. The SMILES string of the molecule is COc1ccc(/C(=C/C(=O)O)C2CC2)cc1C(C)C. The van der Waals surface area contributed by atoms with Crippen LogP contribution in [0.5, 0.6) is 5.75 Å². The Hall–Kier alpha value is -1.77. The standard InChI is InChI=1S/C16H20O3/c1-10(2)13-8-12(6-7-15(13)19-3)14(9-16(17)18)11-4-5-11/h6-11H,4-5H2,1-3H3,(H,17,18)/b14-9+. The first-order valence-corrected chi connectivity index (χ1v) is 6.65. The van der Waals surface area contributed by atoms with Crippen LogP contribution in [0.2, 0.25) is 0 Å². The lowest BCUT2D eigenvalue weighted by atomic mass is 9.94. The van der Waals surface area contributed by atoms with Crippen molar-refractivity contribution in [1.29, 1.82) is 0 Å². The summed E-state index contributed by atoms with van der Waals surface area (Å²) in [4.78, 5) is 11.0. The predicted molar refractivity (Wildman–Crippen MR) is 75.4 cm³/mol. The average molecular weight is 260 g/mol. The van der Waals surface area contributed by atoms with Crippen LogP contribution in [0.3, 0.4) is 0 Å². The van der Waals surface area contributed by atoms with Crippen molar-refractivity contribution < 1.29 is 14.6 Å². The van der Waals surface area contributed by atoms with Gasteiger partial charge in [0.25, 0.3) is 0 Å². The maximum atomic E-state index is 11.0. The van der Waals surface area contributed by atoms with Gasteiger partial charge >= 0.3 is 5.97 Å². The van der Waals surface area contributed by atoms with Gasteiger partial charge in [-0.15, -0.1) is 0 Å². The molecule has 102 valence electrons. The molecule has 1 saturated carbocycles. The molecule has 0 aromatic heterocycles. The van der Waals surface area contributed by atoms with Crippen molar-refractivity contribution in [2.45, 2.75) is 32.6 Å². The van der Waals surface area contributed by atoms with E-state index in [4.69, 9.17) is 9.84 Å². The molecule has 3 nitrogen and oxygen atoms in total. The third-order valence-corrected chi connectivity index (χ3v) is 3.48. The molecule has 1 fully saturated rings. The second-order valence-corrected chi connectivity index (χ2v) is 5.32. The maximum absolute atomic E-state index is 11.0. The number of carboxylic acids is 1. The van der Waals surface area contributed by atoms with Crippen LogP contribution in [0, 0.1) is 5.92 Å². The summed E-state index contributed by atoms with van der Waals surface area (Å²) in [5.74, 6) is 0.748. The van der Waals surface area contributed by atoms with Gasteiger partial charge < -0.3 is 9.84 Å². The molecule has 3 heteroatoms. The zero-order chi connectivity index (χ0) is 14.0. The molecule has 1 aliphatic carbocycles. The van der Waals surface area contributed by atoms with Gasteiger partial charge in [0.15, 0.2) is 0 Å². The molecule has 0 spiro atoms. The van der Waals surface area contributed by atoms with Gasteiger partial charge in [-0.05, 0) is 53.5 Å². The van der Waals surface area contributed by atoms with Gasteiger partial charge in [0.05, 0.1) is 7.11 Å². The van der Waals surface area contributed by atoms with Crippen molar-refractivity contribution in [2.24, 2.45) is 5.92 Å². The monoisotopic (exact) mass is 260 g/mol. The molecule has 1 aliphatic rings. The van der Waals surface area contributed by atoms with Gasteiger partial charge in [-0.1, -0.05) is 19.9 Å². The fraction of sp³-hybridized carbons (Fsp3) is 0.438. The normalized spacial score (nSPS) is 15.7. The fourth-order valence-corrected chi connectivity index (χ4v) is 2.33. The Kier molecular flexibility index (Phi) is 3.93. The predicted octanol–water partition coefficient (Wildman–Crippen LogP) is 3.70. The first-order valence-electron chi connectivity index (χ1n) is 6.65. The van der Waals surface area contributed by atoms with E-state index in [1.54, 1.807) is 7.11 Å². The summed E-state index contributed by atoms with van der Waals surface area (Å²) in [6.45, 7) is 4.22. The molecule has 1 N–H and O–H groups in total. The minimum Gasteiger partial charge on any atom is -0.496 e. The molecule has 1 aromatic rings. The summed E-state index contributed by atoms with van der Waals surface area (Å²) in [6.07, 6.45) is 3.52. The Bertz CT molecular complexity index is 511. The molecule has 0 unspecified atom stereocenters. The van der Waals surface area contributed by atoms with E-state index in [0.717, 1.165) is 35.3 Å². The van der Waals surface area contributed by atoms with Crippen LogP contribution in [0.15, 0.2) is 24.3 Å². The molecule has 0 aliphatic heterocycles. The second-order valence-electron chi connectivity index (χ2n) is 5.32. The highest BCUT2D eigenvalue weighted by Gasteiger charge is 2.28. The van der Waals surface area contributed by atoms with Crippen molar-refractivity contribution in [3.8, 4) is 5.75 Å². The quantitative estimate of drug-likeness (QED) is 0.821. The largest absolute Gasteiger partial charge is 0.496 e. The lowest BCUT2D eigenvalue weighted by Crippen LogP contribution is -1.99. The minimum atomic E-state index is -0.871. The number of methoxy groups -OCH3 is 1. The molecule has 0 radical (unpaired) electrons. The lowest BCUT2D eigenvalue weighted by molar-refractivity contribution is -0.131. The van der Waals surface area contributed by atoms with E-state index in [0.29, 0.717) is 11.8 Å². The van der Waals surface area contributed by atoms with Crippen LogP contribution in [0.1, 0.15) is 43.7 Å². The van der Waals surface area contributed by atoms with Crippen LogP contribution in [0.25, 0.3) is 5.57 Å². The zero-order valence-corrected chi connectivity index (χ0v) is 11.6. The van der Waals surface area contributed by atoms with Gasteiger partial charge in [0.2, 0.25) is 0 Å². The number of ether oxygens (including phenoxy) is 1. The molecule has 19 heavy (non-hydrogen) atoms. The molecule has 0 amide bonds. The van der Waals surface area contributed by atoms with E-state index < -0.39 is 5.97 Å². The molecule has 0 heterocycles. The maximum Gasteiger partial charge on any atom is 0.328 e. The highest BCUT2D eigenvalue weighted by Crippen LogP contribution is 2.43. The van der Waals surface area contributed by atoms with Crippen molar-refractivity contribution in [2.75, 3.05) is 7.11 Å². The molecule has 2 rings (SSSR count). The Balaban J connectivity index is 2.43. The number of carbonyl (C=O) groups is 1. The number of aliphatic carboxylic acids is 1. The second kappa shape index (κ2) is 5.47. The third-order valence-electron chi connectivity index (χ3n) is 3.48. The smallest absolute Gasteiger partial charge is 0.328 e. The number of allylic oxidation sites excluding steroid dienone is 1. The summed E-state index contributed by atoms with van der Waals surface area (Å²) in [5, 5.41) is 9.00. The van der Waals surface area contributed by atoms with E-state index in [1.807, 2.05) is 12.1 Å². The van der Waals surface area contributed by atoms with Crippen molar-refractivity contribution in [3.05, 3.63) is 35.4 Å². The van der Waals surface area contributed by atoms with E-state index in [9.17, 15) is 4.79 Å². The van der Waals surface area contributed by atoms with Crippen molar-refractivity contribution in [3.63, 3.8) is 0 Å². The Labute approximate surface area is 113 Å². The van der Waals surface area contributed by atoms with Gasteiger partial charge in [0.1, 0.15) is 5.75 Å². The van der Waals surface area contributed by atoms with E-state index in [1.165, 1.54) is 6.08 Å². The number of hydrogen-bond donors (Lipinski definition) is 1. The van der Waals surface area contributed by atoms with Gasteiger partial charge in [-0.2, -0.15) is 0 Å². The fourth-order valence-electron chi connectivity index (χ4n) is 2.33. The summed E-state index contributed by atoms with van der Waals surface area (Å²) in [6, 6.07) is 5.96. The van der Waals surface area contributed by atoms with E-state index in [-0.39, 0.29) is 0 Å². The number of benzene rings is 1. The number of hydrogen-bond acceptors (Lipinski definition) is 2. The third kappa shape index (κ3) is 3.16. The Morgan fingerprint density at radius 2 is 2.11 bits per heavy atom. The number of rotatable bonds is 5. The van der Waals surface area contributed by atoms with Crippen LogP contribution in [-0.2, 0) is 4.79 Å². The van der Waals surface area contributed by atoms with E-state index in [2.05, 4.69) is 19.9 Å². The topological polar surface area (TPSA) is 46.5 Å². The van der Waals surface area contributed by atoms with Crippen LogP contribution in [-0.4, -0.2) is 18.2 Å². The van der Waals surface area contributed by atoms with E-state index >= 15 is 0 Å². The Morgan fingerprint density at radius 1 is 1.42 bits per heavy atom. The first kappa shape index (κ1) is 13.7. The van der Waals surface area contributed by atoms with Crippen LogP contribution in [0.4, 0.5) is 0 Å². The molecule has 0 saturated heterocycles. The lowest BCUT2D eigenvalue weighted by Gasteiger charge is -2.15. The zero-order valence-electron chi connectivity index (χ0n) is 11.6. The molecular weight excluding hydrogens is 240 g/mol. The molecule has 1 aromatic carbocycles. The van der Waals surface area contributed by atoms with Gasteiger partial charge in [-0.25, -0.2) is 4.79 Å². The average Bonchev–Trinajstić information content (AvgIpc) is 3.19. The minimum absolute atomic E-state index is 0.347. The Morgan fingerprint density at radius 3 is 2.58 bits per heavy atom. The highest BCUT2D eigenvalue weighted by molar-refractivity contribution is 5.91. The summed E-state index contributed by atoms with van der Waals surface area (Å²) in [7, 11) is 1.66. The highest BCUT2D eigenvalue weighted by atomic mass is 16.5. The van der Waals surface area contributed by atoms with Crippen LogP contribution >= 0.6 is 0 Å². The van der Waals surface area contributed by atoms with Crippen molar-refractivity contribution >= 4 is 11.5 Å². The van der Waals surface area contributed by atoms with Gasteiger partial charge in [0, 0.05) is 6.08 Å². The molecular formula is C16H20O3. The summed E-state index contributed by atoms with van der Waals surface area (Å²) < 4.78 is 5.36. The number of carboxylic acid groups (broad SMARTS) is 1. The molecule has 0 bridgehead atoms. The summed E-state index contributed by atoms with van der Waals surface area (Å²) in [5.41, 5.74) is 3.07. The van der Waals surface area contributed by atoms with Gasteiger partial charge in [-0.3, -0.25) is 0 Å².